The maximum absolute atomic E-state index is 11.8. The Morgan fingerprint density at radius 2 is 2.07 bits per heavy atom. The van der Waals surface area contributed by atoms with Gasteiger partial charge < -0.3 is 4.74 Å². The highest BCUT2D eigenvalue weighted by Gasteiger charge is 2.19. The van der Waals surface area contributed by atoms with Gasteiger partial charge in [0, 0.05) is 5.57 Å². The molecule has 0 spiro atoms. The van der Waals surface area contributed by atoms with Crippen LogP contribution in [-0.2, 0) is 9.53 Å². The highest BCUT2D eigenvalue weighted by molar-refractivity contribution is 6.06. The predicted molar refractivity (Wildman–Crippen MR) is 56.9 cm³/mol. The molecule has 0 unspecified atom stereocenters. The van der Waals surface area contributed by atoms with E-state index in [1.54, 1.807) is 0 Å². The first-order valence-electron chi connectivity index (χ1n) is 5.21. The van der Waals surface area contributed by atoms with E-state index in [1.807, 2.05) is 13.8 Å². The van der Waals surface area contributed by atoms with E-state index in [1.165, 1.54) is 12.0 Å². The van der Waals surface area contributed by atoms with Gasteiger partial charge in [0.15, 0.2) is 5.76 Å². The molecule has 1 aliphatic rings. The summed E-state index contributed by atoms with van der Waals surface area (Å²) in [6, 6.07) is 0. The van der Waals surface area contributed by atoms with E-state index in [2.05, 4.69) is 6.58 Å². The molecule has 0 aromatic carbocycles. The Hall–Kier alpha value is -1.05. The molecule has 0 saturated heterocycles. The first-order chi connectivity index (χ1) is 6.66. The summed E-state index contributed by atoms with van der Waals surface area (Å²) in [5, 5.41) is 0. The van der Waals surface area contributed by atoms with Crippen molar-refractivity contribution in [1.82, 2.24) is 0 Å². The van der Waals surface area contributed by atoms with Gasteiger partial charge in [-0.15, -0.1) is 0 Å². The summed E-state index contributed by atoms with van der Waals surface area (Å²) < 4.78 is 5.13. The van der Waals surface area contributed by atoms with E-state index in [-0.39, 0.29) is 5.78 Å². The van der Waals surface area contributed by atoms with Crippen LogP contribution in [0.15, 0.2) is 23.5 Å². The van der Waals surface area contributed by atoms with Crippen molar-refractivity contribution in [3.05, 3.63) is 23.5 Å². The Labute approximate surface area is 85.6 Å². The van der Waals surface area contributed by atoms with Crippen LogP contribution >= 0.6 is 0 Å². The number of carbonyl (C=O) groups excluding carboxylic acids is 1. The summed E-state index contributed by atoms with van der Waals surface area (Å²) in [5.74, 6) is 0.299. The molecule has 0 bridgehead atoms. The Bertz CT molecular complexity index is 274. The van der Waals surface area contributed by atoms with Gasteiger partial charge in [-0.05, 0) is 39.5 Å². The number of hydrogen-bond acceptors (Lipinski definition) is 2. The molecule has 0 aromatic rings. The summed E-state index contributed by atoms with van der Waals surface area (Å²) in [6.45, 7) is 8.05. The summed E-state index contributed by atoms with van der Waals surface area (Å²) in [5.41, 5.74) is 2.14. The third-order valence-corrected chi connectivity index (χ3v) is 2.59. The maximum atomic E-state index is 11.8. The maximum Gasteiger partial charge on any atom is 0.222 e. The zero-order valence-electron chi connectivity index (χ0n) is 9.06. The second-order valence-corrected chi connectivity index (χ2v) is 3.65. The average Bonchev–Trinajstić information content (AvgIpc) is 2.18. The molecule has 14 heavy (non-hydrogen) atoms. The summed E-state index contributed by atoms with van der Waals surface area (Å²) in [7, 11) is 0. The molecule has 0 heterocycles. The number of rotatable bonds is 4. The molecule has 78 valence electrons. The Kier molecular flexibility index (Phi) is 3.93. The molecule has 0 N–H and O–H groups in total. The van der Waals surface area contributed by atoms with Gasteiger partial charge in [0.25, 0.3) is 0 Å². The average molecular weight is 194 g/mol. The summed E-state index contributed by atoms with van der Waals surface area (Å²) >= 11 is 0. The van der Waals surface area contributed by atoms with E-state index in [4.69, 9.17) is 4.74 Å². The minimum absolute atomic E-state index is 0.00375. The topological polar surface area (TPSA) is 26.3 Å². The van der Waals surface area contributed by atoms with Crippen molar-refractivity contribution >= 4 is 5.78 Å². The lowest BCUT2D eigenvalue weighted by molar-refractivity contribution is -0.115. The van der Waals surface area contributed by atoms with Crippen LogP contribution in [0.1, 0.15) is 39.5 Å². The number of Topliss-reactive ketones (excluding diaryl/α,β-unsaturated/α-hetero) is 1. The van der Waals surface area contributed by atoms with Gasteiger partial charge in [0.1, 0.15) is 0 Å². The standard InChI is InChI=1S/C12H18O2/c1-4-14-10(3)12(13)11-8-6-5-7-9(11)2/h3-8H2,1-2H3. The van der Waals surface area contributed by atoms with Crippen LogP contribution in [0.3, 0.4) is 0 Å². The van der Waals surface area contributed by atoms with Crippen molar-refractivity contribution in [3.8, 4) is 0 Å². The number of hydrogen-bond donors (Lipinski definition) is 0. The van der Waals surface area contributed by atoms with Crippen LogP contribution < -0.4 is 0 Å². The number of ketones is 1. The van der Waals surface area contributed by atoms with Crippen LogP contribution in [0.2, 0.25) is 0 Å². The molecule has 0 fully saturated rings. The smallest absolute Gasteiger partial charge is 0.222 e. The molecular weight excluding hydrogens is 176 g/mol. The minimum Gasteiger partial charge on any atom is -0.490 e. The number of ether oxygens (including phenoxy) is 1. The SMILES string of the molecule is C=C(OCC)C(=O)C1=C(C)CCCC1. The van der Waals surface area contributed by atoms with Crippen molar-refractivity contribution in [3.63, 3.8) is 0 Å². The zero-order chi connectivity index (χ0) is 10.6. The van der Waals surface area contributed by atoms with Gasteiger partial charge in [0.05, 0.1) is 6.61 Å². The first-order valence-corrected chi connectivity index (χ1v) is 5.21. The summed E-state index contributed by atoms with van der Waals surface area (Å²) in [6.07, 6.45) is 4.23. The second-order valence-electron chi connectivity index (χ2n) is 3.65. The molecule has 0 saturated carbocycles. The van der Waals surface area contributed by atoms with Crippen molar-refractivity contribution in [1.29, 1.82) is 0 Å². The van der Waals surface area contributed by atoms with Crippen molar-refractivity contribution in [2.45, 2.75) is 39.5 Å². The molecule has 1 rings (SSSR count). The molecule has 0 aromatic heterocycles. The molecule has 0 radical (unpaired) electrons. The number of carbonyl (C=O) groups is 1. The third-order valence-electron chi connectivity index (χ3n) is 2.59. The molecule has 1 aliphatic carbocycles. The fraction of sp³-hybridized carbons (Fsp3) is 0.583. The van der Waals surface area contributed by atoms with Crippen LogP contribution in [0.4, 0.5) is 0 Å². The highest BCUT2D eigenvalue weighted by atomic mass is 16.5. The largest absolute Gasteiger partial charge is 0.490 e. The predicted octanol–water partition coefficient (Wildman–Crippen LogP) is 3.00. The van der Waals surface area contributed by atoms with Gasteiger partial charge in [-0.1, -0.05) is 12.2 Å². The Morgan fingerprint density at radius 3 is 2.64 bits per heavy atom. The molecular formula is C12H18O2. The lowest BCUT2D eigenvalue weighted by Gasteiger charge is -2.17. The third kappa shape index (κ3) is 2.47. The lowest BCUT2D eigenvalue weighted by atomic mass is 9.90. The van der Waals surface area contributed by atoms with Gasteiger partial charge in [-0.2, -0.15) is 0 Å². The van der Waals surface area contributed by atoms with Crippen LogP contribution in [0.25, 0.3) is 0 Å². The van der Waals surface area contributed by atoms with Crippen molar-refractivity contribution in [2.75, 3.05) is 6.61 Å². The highest BCUT2D eigenvalue weighted by Crippen LogP contribution is 2.26. The van der Waals surface area contributed by atoms with Crippen LogP contribution in [-0.4, -0.2) is 12.4 Å². The van der Waals surface area contributed by atoms with Gasteiger partial charge in [0.2, 0.25) is 5.78 Å². The van der Waals surface area contributed by atoms with Gasteiger partial charge in [-0.3, -0.25) is 4.79 Å². The lowest BCUT2D eigenvalue weighted by Crippen LogP contribution is -2.12. The monoisotopic (exact) mass is 194 g/mol. The van der Waals surface area contributed by atoms with Crippen LogP contribution in [0.5, 0.6) is 0 Å². The molecule has 0 atom stereocenters. The zero-order valence-corrected chi connectivity index (χ0v) is 9.06. The van der Waals surface area contributed by atoms with Gasteiger partial charge in [-0.25, -0.2) is 0 Å². The molecule has 2 heteroatoms. The molecule has 0 amide bonds. The van der Waals surface area contributed by atoms with Crippen molar-refractivity contribution in [2.24, 2.45) is 0 Å². The minimum atomic E-state index is 0.00375. The number of allylic oxidation sites excluding steroid dienone is 2. The van der Waals surface area contributed by atoms with Gasteiger partial charge >= 0.3 is 0 Å². The fourth-order valence-corrected chi connectivity index (χ4v) is 1.77. The van der Waals surface area contributed by atoms with Crippen LogP contribution in [0, 0.1) is 0 Å². The van der Waals surface area contributed by atoms with E-state index >= 15 is 0 Å². The van der Waals surface area contributed by atoms with E-state index < -0.39 is 0 Å². The van der Waals surface area contributed by atoms with E-state index in [0.29, 0.717) is 12.4 Å². The molecule has 2 nitrogen and oxygen atoms in total. The molecule has 0 aliphatic heterocycles. The Morgan fingerprint density at radius 1 is 1.43 bits per heavy atom. The first kappa shape index (κ1) is 11.0. The summed E-state index contributed by atoms with van der Waals surface area (Å²) in [4.78, 5) is 11.8. The second kappa shape index (κ2) is 4.99. The van der Waals surface area contributed by atoms with Crippen molar-refractivity contribution < 1.29 is 9.53 Å². The Balaban J connectivity index is 2.72. The normalized spacial score (nSPS) is 16.7. The fourth-order valence-electron chi connectivity index (χ4n) is 1.77. The quantitative estimate of drug-likeness (QED) is 0.508. The van der Waals surface area contributed by atoms with E-state index in [9.17, 15) is 4.79 Å². The van der Waals surface area contributed by atoms with E-state index in [0.717, 1.165) is 24.8 Å².